The van der Waals surface area contributed by atoms with Gasteiger partial charge in [0.2, 0.25) is 5.91 Å². The van der Waals surface area contributed by atoms with Crippen LogP contribution in [0.5, 0.6) is 0 Å². The van der Waals surface area contributed by atoms with Crippen molar-refractivity contribution in [2.24, 2.45) is 0 Å². The minimum Gasteiger partial charge on any atom is -0.341 e. The smallest absolute Gasteiger partial charge is 0.222 e. The predicted molar refractivity (Wildman–Crippen MR) is 88.9 cm³/mol. The van der Waals surface area contributed by atoms with Crippen LogP contribution < -0.4 is 0 Å². The Hall–Kier alpha value is -1.84. The van der Waals surface area contributed by atoms with Gasteiger partial charge in [0.25, 0.3) is 0 Å². The summed E-state index contributed by atoms with van der Waals surface area (Å²) in [5, 5.41) is 0. The van der Waals surface area contributed by atoms with Crippen LogP contribution >= 0.6 is 0 Å². The molecule has 4 heteroatoms. The van der Waals surface area contributed by atoms with Crippen LogP contribution in [0.25, 0.3) is 11.0 Å². The third-order valence-corrected chi connectivity index (χ3v) is 4.56. The summed E-state index contributed by atoms with van der Waals surface area (Å²) in [5.41, 5.74) is 2.27. The van der Waals surface area contributed by atoms with E-state index in [0.29, 0.717) is 18.4 Å². The number of hydrogen-bond donors (Lipinski definition) is 0. The molecule has 3 rings (SSSR count). The van der Waals surface area contributed by atoms with E-state index in [2.05, 4.69) is 36.6 Å². The molecule has 1 atom stereocenters. The van der Waals surface area contributed by atoms with E-state index >= 15 is 0 Å². The van der Waals surface area contributed by atoms with Gasteiger partial charge in [-0.25, -0.2) is 4.98 Å². The molecule has 1 aromatic heterocycles. The van der Waals surface area contributed by atoms with Crippen molar-refractivity contribution in [1.29, 1.82) is 0 Å². The number of imidazole rings is 1. The van der Waals surface area contributed by atoms with Crippen LogP contribution in [-0.4, -0.2) is 33.4 Å². The standard InChI is InChI=1S/C18H25N3O/c1-3-8-18(22)20-12-7-9-14(13-20)21-16-11-6-5-10-15(16)19-17(21)4-2/h5-6,10-11,14H,3-4,7-9,12-13H2,1-2H3. The van der Waals surface area contributed by atoms with E-state index in [4.69, 9.17) is 4.98 Å². The lowest BCUT2D eigenvalue weighted by atomic mass is 10.0. The number of hydrogen-bond acceptors (Lipinski definition) is 2. The van der Waals surface area contributed by atoms with E-state index in [1.54, 1.807) is 0 Å². The van der Waals surface area contributed by atoms with E-state index in [9.17, 15) is 4.79 Å². The Morgan fingerprint density at radius 3 is 2.91 bits per heavy atom. The summed E-state index contributed by atoms with van der Waals surface area (Å²) in [6.45, 7) is 5.95. The number of benzene rings is 1. The summed E-state index contributed by atoms with van der Waals surface area (Å²) in [6.07, 6.45) is 4.72. The Morgan fingerprint density at radius 1 is 1.32 bits per heavy atom. The molecule has 22 heavy (non-hydrogen) atoms. The summed E-state index contributed by atoms with van der Waals surface area (Å²) in [7, 11) is 0. The third-order valence-electron chi connectivity index (χ3n) is 4.56. The van der Waals surface area contributed by atoms with Crippen molar-refractivity contribution in [3.05, 3.63) is 30.1 Å². The molecule has 1 unspecified atom stereocenters. The molecule has 0 bridgehead atoms. The number of para-hydroxylation sites is 2. The highest BCUT2D eigenvalue weighted by Crippen LogP contribution is 2.28. The van der Waals surface area contributed by atoms with Crippen LogP contribution in [-0.2, 0) is 11.2 Å². The fraction of sp³-hybridized carbons (Fsp3) is 0.556. The molecule has 1 aliphatic heterocycles. The van der Waals surface area contributed by atoms with Crippen LogP contribution in [0.15, 0.2) is 24.3 Å². The van der Waals surface area contributed by atoms with Crippen molar-refractivity contribution in [1.82, 2.24) is 14.5 Å². The Balaban J connectivity index is 1.91. The molecule has 1 fully saturated rings. The van der Waals surface area contributed by atoms with Gasteiger partial charge in [-0.3, -0.25) is 4.79 Å². The predicted octanol–water partition coefficient (Wildman–Crippen LogP) is 3.56. The van der Waals surface area contributed by atoms with Gasteiger partial charge in [-0.2, -0.15) is 0 Å². The molecule has 2 aromatic rings. The summed E-state index contributed by atoms with van der Waals surface area (Å²) in [6, 6.07) is 8.69. The number of fused-ring (bicyclic) bond motifs is 1. The third kappa shape index (κ3) is 2.74. The summed E-state index contributed by atoms with van der Waals surface area (Å²) in [4.78, 5) is 19.1. The molecule has 1 aromatic carbocycles. The topological polar surface area (TPSA) is 38.1 Å². The second-order valence-electron chi connectivity index (χ2n) is 6.13. The zero-order valence-electron chi connectivity index (χ0n) is 13.6. The summed E-state index contributed by atoms with van der Waals surface area (Å²) in [5.74, 6) is 1.44. The molecule has 1 amide bonds. The van der Waals surface area contributed by atoms with Crippen LogP contribution in [0.1, 0.15) is 51.4 Å². The highest BCUT2D eigenvalue weighted by atomic mass is 16.2. The summed E-state index contributed by atoms with van der Waals surface area (Å²) < 4.78 is 2.38. The van der Waals surface area contributed by atoms with Gasteiger partial charge in [0.15, 0.2) is 0 Å². The van der Waals surface area contributed by atoms with Crippen molar-refractivity contribution >= 4 is 16.9 Å². The zero-order valence-corrected chi connectivity index (χ0v) is 13.6. The van der Waals surface area contributed by atoms with Crippen LogP contribution in [0.4, 0.5) is 0 Å². The van der Waals surface area contributed by atoms with Crippen LogP contribution in [0.2, 0.25) is 0 Å². The second-order valence-corrected chi connectivity index (χ2v) is 6.13. The number of aromatic nitrogens is 2. The maximum atomic E-state index is 12.2. The highest BCUT2D eigenvalue weighted by molar-refractivity contribution is 5.77. The monoisotopic (exact) mass is 299 g/mol. The van der Waals surface area contributed by atoms with Gasteiger partial charge >= 0.3 is 0 Å². The van der Waals surface area contributed by atoms with Crippen LogP contribution in [0, 0.1) is 0 Å². The lowest BCUT2D eigenvalue weighted by Gasteiger charge is -2.34. The Morgan fingerprint density at radius 2 is 2.14 bits per heavy atom. The molecule has 0 N–H and O–H groups in total. The second kappa shape index (κ2) is 6.51. The largest absolute Gasteiger partial charge is 0.341 e. The zero-order chi connectivity index (χ0) is 15.5. The van der Waals surface area contributed by atoms with Crippen molar-refractivity contribution in [3.63, 3.8) is 0 Å². The Bertz CT molecular complexity index is 661. The first kappa shape index (κ1) is 15.1. The fourth-order valence-electron chi connectivity index (χ4n) is 3.52. The Kier molecular flexibility index (Phi) is 4.46. The fourth-order valence-corrected chi connectivity index (χ4v) is 3.52. The lowest BCUT2D eigenvalue weighted by Crippen LogP contribution is -2.40. The minimum absolute atomic E-state index is 0.301. The first-order chi connectivity index (χ1) is 10.7. The van der Waals surface area contributed by atoms with E-state index in [0.717, 1.165) is 50.1 Å². The molecule has 1 aliphatic rings. The summed E-state index contributed by atoms with van der Waals surface area (Å²) >= 11 is 0. The van der Waals surface area contributed by atoms with E-state index in [1.807, 2.05) is 11.0 Å². The molecule has 1 saturated heterocycles. The highest BCUT2D eigenvalue weighted by Gasteiger charge is 2.26. The van der Waals surface area contributed by atoms with Gasteiger partial charge in [0, 0.05) is 25.9 Å². The first-order valence-electron chi connectivity index (χ1n) is 8.48. The first-order valence-corrected chi connectivity index (χ1v) is 8.48. The average molecular weight is 299 g/mol. The Labute approximate surface area is 132 Å². The van der Waals surface area contributed by atoms with E-state index < -0.39 is 0 Å². The maximum absolute atomic E-state index is 12.2. The lowest BCUT2D eigenvalue weighted by molar-refractivity contribution is -0.132. The number of piperidine rings is 1. The molecule has 4 nitrogen and oxygen atoms in total. The number of aryl methyl sites for hydroxylation is 1. The normalized spacial score (nSPS) is 18.8. The average Bonchev–Trinajstić information content (AvgIpc) is 2.93. The van der Waals surface area contributed by atoms with Gasteiger partial charge in [0.05, 0.1) is 17.1 Å². The molecule has 0 radical (unpaired) electrons. The van der Waals surface area contributed by atoms with Gasteiger partial charge in [-0.15, -0.1) is 0 Å². The number of amides is 1. The number of carbonyl (C=O) groups is 1. The molecule has 0 aliphatic carbocycles. The van der Waals surface area contributed by atoms with Gasteiger partial charge in [-0.05, 0) is 31.4 Å². The molecular formula is C18H25N3O. The van der Waals surface area contributed by atoms with Crippen molar-refractivity contribution in [3.8, 4) is 0 Å². The quantitative estimate of drug-likeness (QED) is 0.865. The van der Waals surface area contributed by atoms with Gasteiger partial charge < -0.3 is 9.47 Å². The van der Waals surface area contributed by atoms with E-state index in [-0.39, 0.29) is 0 Å². The van der Waals surface area contributed by atoms with Crippen molar-refractivity contribution in [2.45, 2.75) is 52.0 Å². The van der Waals surface area contributed by atoms with Gasteiger partial charge in [0.1, 0.15) is 5.82 Å². The SMILES string of the molecule is CCCC(=O)N1CCCC(n2c(CC)nc3ccccc32)C1. The van der Waals surface area contributed by atoms with Gasteiger partial charge in [-0.1, -0.05) is 26.0 Å². The van der Waals surface area contributed by atoms with Crippen molar-refractivity contribution < 1.29 is 4.79 Å². The number of nitrogens with zero attached hydrogens (tertiary/aromatic N) is 3. The molecule has 0 saturated carbocycles. The maximum Gasteiger partial charge on any atom is 0.222 e. The molecule has 2 heterocycles. The van der Waals surface area contributed by atoms with E-state index in [1.165, 1.54) is 5.52 Å². The molecule has 118 valence electrons. The number of rotatable bonds is 4. The number of likely N-dealkylation sites (tertiary alicyclic amines) is 1. The van der Waals surface area contributed by atoms with Crippen molar-refractivity contribution in [2.75, 3.05) is 13.1 Å². The molecular weight excluding hydrogens is 274 g/mol. The molecule has 0 spiro atoms. The minimum atomic E-state index is 0.301. The number of carbonyl (C=O) groups excluding carboxylic acids is 1. The van der Waals surface area contributed by atoms with Crippen LogP contribution in [0.3, 0.4) is 0 Å².